The van der Waals surface area contributed by atoms with E-state index in [1.54, 1.807) is 26.8 Å². The van der Waals surface area contributed by atoms with Crippen LogP contribution in [0.25, 0.3) is 0 Å². The number of hydrogen-bond donors (Lipinski definition) is 1. The molecule has 0 bridgehead atoms. The minimum absolute atomic E-state index is 0.0875. The maximum atomic E-state index is 13.8. The number of Topliss-reactive ketones (excluding diaryl/α,β-unsaturated/α-hetero) is 1. The summed E-state index contributed by atoms with van der Waals surface area (Å²) in [5.41, 5.74) is -2.87. The number of allylic oxidation sites excluding steroid dienone is 1. The molecule has 0 aromatic rings. The van der Waals surface area contributed by atoms with Crippen LogP contribution >= 0.6 is 11.6 Å². The van der Waals surface area contributed by atoms with Crippen molar-refractivity contribution in [3.05, 3.63) is 11.6 Å². The molecule has 8 heteroatoms. The second kappa shape index (κ2) is 8.90. The Labute approximate surface area is 224 Å². The van der Waals surface area contributed by atoms with Crippen LogP contribution in [0.5, 0.6) is 0 Å². The number of ketones is 2. The van der Waals surface area contributed by atoms with Crippen LogP contribution in [0.1, 0.15) is 87.0 Å². The van der Waals surface area contributed by atoms with E-state index in [1.807, 2.05) is 6.92 Å². The van der Waals surface area contributed by atoms with Crippen LogP contribution < -0.4 is 0 Å². The van der Waals surface area contributed by atoms with E-state index in [4.69, 9.17) is 21.1 Å². The molecule has 3 saturated carbocycles. The Hall–Kier alpha value is -1.73. The number of ether oxygens (including phenoxy) is 2. The fraction of sp³-hybridized carbons (Fsp3) is 0.793. The Kier molecular flexibility index (Phi) is 6.81. The third-order valence-corrected chi connectivity index (χ3v) is 11.2. The average molecular weight is 537 g/mol. The van der Waals surface area contributed by atoms with Crippen LogP contribution in [0.2, 0.25) is 0 Å². The molecule has 7 nitrogen and oxygen atoms in total. The molecule has 0 aliphatic heterocycles. The van der Waals surface area contributed by atoms with Crippen molar-refractivity contribution in [2.75, 3.05) is 6.61 Å². The summed E-state index contributed by atoms with van der Waals surface area (Å²) in [6.45, 7) is 12.0. The predicted octanol–water partition coefficient (Wildman–Crippen LogP) is 4.56. The molecule has 0 aromatic heterocycles. The molecule has 37 heavy (non-hydrogen) atoms. The van der Waals surface area contributed by atoms with Gasteiger partial charge < -0.3 is 14.6 Å². The maximum Gasteiger partial charge on any atom is 0.312 e. The highest BCUT2D eigenvalue weighted by Crippen LogP contribution is 2.72. The minimum Gasteiger partial charge on any atom is -0.458 e. The van der Waals surface area contributed by atoms with Crippen molar-refractivity contribution in [1.82, 2.24) is 0 Å². The zero-order chi connectivity index (χ0) is 27.8. The smallest absolute Gasteiger partial charge is 0.312 e. The summed E-state index contributed by atoms with van der Waals surface area (Å²) in [4.78, 5) is 49.9. The Morgan fingerprint density at radius 2 is 1.81 bits per heavy atom. The van der Waals surface area contributed by atoms with Gasteiger partial charge in [-0.15, -0.1) is 11.6 Å². The summed E-state index contributed by atoms with van der Waals surface area (Å²) in [7, 11) is 0. The quantitative estimate of drug-likeness (QED) is 0.414. The van der Waals surface area contributed by atoms with Crippen molar-refractivity contribution >= 4 is 35.1 Å². The first-order valence-corrected chi connectivity index (χ1v) is 13.8. The van der Waals surface area contributed by atoms with Gasteiger partial charge in [-0.3, -0.25) is 19.2 Å². The summed E-state index contributed by atoms with van der Waals surface area (Å²) >= 11 is 7.57. The van der Waals surface area contributed by atoms with E-state index in [1.165, 1.54) is 6.92 Å². The van der Waals surface area contributed by atoms with Gasteiger partial charge in [0, 0.05) is 24.2 Å². The van der Waals surface area contributed by atoms with E-state index < -0.39 is 57.2 Å². The van der Waals surface area contributed by atoms with Crippen molar-refractivity contribution in [2.45, 2.75) is 104 Å². The number of aliphatic hydroxyl groups is 1. The lowest BCUT2D eigenvalue weighted by Gasteiger charge is -2.66. The van der Waals surface area contributed by atoms with Crippen LogP contribution in [0.15, 0.2) is 11.6 Å². The van der Waals surface area contributed by atoms with Gasteiger partial charge in [-0.2, -0.15) is 0 Å². The number of alkyl halides is 1. The summed E-state index contributed by atoms with van der Waals surface area (Å²) in [6, 6.07) is 0. The molecule has 206 valence electrons. The fourth-order valence-electron chi connectivity index (χ4n) is 8.23. The van der Waals surface area contributed by atoms with Gasteiger partial charge in [0.25, 0.3) is 0 Å². The van der Waals surface area contributed by atoms with Gasteiger partial charge >= 0.3 is 11.9 Å². The Bertz CT molecular complexity index is 1060. The summed E-state index contributed by atoms with van der Waals surface area (Å²) in [5.74, 6) is -1.65. The summed E-state index contributed by atoms with van der Waals surface area (Å²) < 4.78 is 11.3. The molecule has 0 saturated heterocycles. The predicted molar refractivity (Wildman–Crippen MR) is 138 cm³/mol. The molecule has 0 aromatic carbocycles. The number of hydrogen-bond acceptors (Lipinski definition) is 7. The van der Waals surface area contributed by atoms with Crippen molar-refractivity contribution in [1.29, 1.82) is 0 Å². The van der Waals surface area contributed by atoms with Gasteiger partial charge in [-0.1, -0.05) is 26.3 Å². The van der Waals surface area contributed by atoms with Crippen LogP contribution in [0, 0.1) is 34.0 Å². The van der Waals surface area contributed by atoms with Gasteiger partial charge in [0.1, 0.15) is 0 Å². The summed E-state index contributed by atoms with van der Waals surface area (Å²) in [6.07, 6.45) is 3.38. The first kappa shape index (κ1) is 28.3. The third kappa shape index (κ3) is 3.93. The number of aliphatic hydroxyl groups excluding tert-OH is 1. The van der Waals surface area contributed by atoms with Crippen molar-refractivity contribution < 1.29 is 33.8 Å². The lowest BCUT2D eigenvalue weighted by molar-refractivity contribution is -0.205. The van der Waals surface area contributed by atoms with Crippen molar-refractivity contribution in [3.63, 3.8) is 0 Å². The Morgan fingerprint density at radius 3 is 2.41 bits per heavy atom. The molecule has 4 rings (SSSR count). The number of halogens is 1. The zero-order valence-corrected chi connectivity index (χ0v) is 23.9. The molecule has 0 amide bonds. The number of esters is 2. The zero-order valence-electron chi connectivity index (χ0n) is 23.1. The molecule has 0 unspecified atom stereocenters. The largest absolute Gasteiger partial charge is 0.458 e. The normalized spacial score (nSPS) is 43.2. The van der Waals surface area contributed by atoms with Gasteiger partial charge in [-0.05, 0) is 76.7 Å². The molecule has 8 atom stereocenters. The first-order valence-electron chi connectivity index (χ1n) is 13.5. The highest BCUT2D eigenvalue weighted by atomic mass is 35.5. The highest BCUT2D eigenvalue weighted by molar-refractivity contribution is 6.26. The molecule has 4 aliphatic rings. The average Bonchev–Trinajstić information content (AvgIpc) is 3.07. The van der Waals surface area contributed by atoms with Crippen molar-refractivity contribution in [3.8, 4) is 0 Å². The molecule has 4 aliphatic carbocycles. The molecule has 3 fully saturated rings. The van der Waals surface area contributed by atoms with E-state index in [9.17, 15) is 24.3 Å². The maximum absolute atomic E-state index is 13.8. The Balaban J connectivity index is 1.81. The monoisotopic (exact) mass is 536 g/mol. The third-order valence-electron chi connectivity index (χ3n) is 10.2. The Morgan fingerprint density at radius 1 is 1.16 bits per heavy atom. The second-order valence-electron chi connectivity index (χ2n) is 13.4. The van der Waals surface area contributed by atoms with Crippen molar-refractivity contribution in [2.24, 2.45) is 34.0 Å². The van der Waals surface area contributed by atoms with Gasteiger partial charge in [-0.25, -0.2) is 0 Å². The fourth-order valence-corrected chi connectivity index (χ4v) is 8.76. The second-order valence-corrected chi connectivity index (χ2v) is 14.0. The first-order chi connectivity index (χ1) is 16.9. The van der Waals surface area contributed by atoms with E-state index in [0.29, 0.717) is 25.7 Å². The molecule has 0 heterocycles. The van der Waals surface area contributed by atoms with Gasteiger partial charge in [0.05, 0.1) is 16.4 Å². The van der Waals surface area contributed by atoms with E-state index in [0.717, 1.165) is 5.57 Å². The molecular formula is C29H41ClO7. The molecule has 0 spiro atoms. The lowest BCUT2D eigenvalue weighted by atomic mass is 9.43. The molecule has 0 radical (unpaired) electrons. The van der Waals surface area contributed by atoms with E-state index in [-0.39, 0.29) is 36.4 Å². The molecule has 1 N–H and O–H groups in total. The van der Waals surface area contributed by atoms with Crippen LogP contribution in [-0.2, 0) is 28.7 Å². The standard InChI is InChI=1S/C29H41ClO7/c1-16-12-21-19-9-11-28(23(34)15-36-17(2)31,37-24(35)25(3,4)5)27(19,7)14-22(33)29(21,30)26(6)10-8-18(32)13-20(16)26/h13,16,19,21-22,33H,8-12,14-15H2,1-7H3/t16-,19-,21-,22-,26-,27-,28-,29-/m0/s1. The number of carbonyl (C=O) groups is 4. The van der Waals surface area contributed by atoms with E-state index in [2.05, 4.69) is 13.8 Å². The van der Waals surface area contributed by atoms with Crippen LogP contribution in [0.3, 0.4) is 0 Å². The highest BCUT2D eigenvalue weighted by Gasteiger charge is 2.75. The van der Waals surface area contributed by atoms with Crippen LogP contribution in [0.4, 0.5) is 0 Å². The number of rotatable bonds is 4. The lowest BCUT2D eigenvalue weighted by Crippen LogP contribution is -2.70. The number of carbonyl (C=O) groups excluding carboxylic acids is 4. The van der Waals surface area contributed by atoms with Gasteiger partial charge in [0.15, 0.2) is 18.0 Å². The number of fused-ring (bicyclic) bond motifs is 5. The molecular weight excluding hydrogens is 496 g/mol. The minimum atomic E-state index is -1.54. The summed E-state index contributed by atoms with van der Waals surface area (Å²) in [5, 5.41) is 11.9. The van der Waals surface area contributed by atoms with Crippen LogP contribution in [-0.4, -0.2) is 51.8 Å². The topological polar surface area (TPSA) is 107 Å². The van der Waals surface area contributed by atoms with E-state index >= 15 is 0 Å². The SMILES string of the molecule is CC(=O)OCC(=O)[C@@]1(OC(=O)C(C)(C)C)CC[C@H]2[C@@H]3C[C@H](C)C4=CC(=O)CC[C@]4(C)[C@@]3(Cl)[C@@H](O)C[C@@]21C. The van der Waals surface area contributed by atoms with Gasteiger partial charge in [0.2, 0.25) is 5.78 Å².